The highest BCUT2D eigenvalue weighted by Crippen LogP contribution is 2.08. The van der Waals surface area contributed by atoms with E-state index in [0.717, 1.165) is 0 Å². The maximum absolute atomic E-state index is 10.9. The highest BCUT2D eigenvalue weighted by atomic mass is 32.2. The number of carbonyl (C=O) groups excluding carboxylic acids is 2. The van der Waals surface area contributed by atoms with Crippen LogP contribution in [0, 0.1) is 0 Å². The molecule has 1 atom stereocenters. The largest absolute Gasteiger partial charge is 0.370 e. The zero-order valence-corrected chi connectivity index (χ0v) is 8.90. The van der Waals surface area contributed by atoms with Crippen LogP contribution in [0.5, 0.6) is 0 Å². The van der Waals surface area contributed by atoms with Gasteiger partial charge < -0.3 is 11.5 Å². The first-order valence-corrected chi connectivity index (χ1v) is 5.41. The number of hydrogen-bond donors (Lipinski definition) is 3. The molecule has 15 heavy (non-hydrogen) atoms. The van der Waals surface area contributed by atoms with Crippen molar-refractivity contribution < 1.29 is 22.6 Å². The maximum atomic E-state index is 10.9. The van der Waals surface area contributed by atoms with Crippen LogP contribution in [0.25, 0.3) is 0 Å². The number of amides is 2. The smallest absolute Gasteiger partial charge is 0.336 e. The molecule has 0 aliphatic carbocycles. The highest BCUT2D eigenvalue weighted by molar-refractivity contribution is 7.83. The number of likely N-dealkylation sites (N-methyl/N-ethyl adjacent to an activating group) is 1. The van der Waals surface area contributed by atoms with Crippen molar-refractivity contribution >= 4 is 22.1 Å². The van der Waals surface area contributed by atoms with Crippen molar-refractivity contribution in [1.29, 1.82) is 0 Å². The summed E-state index contributed by atoms with van der Waals surface area (Å²) in [7, 11) is -4.58. The maximum Gasteiger partial charge on any atom is 0.336 e. The van der Waals surface area contributed by atoms with E-state index in [9.17, 15) is 18.0 Å². The van der Waals surface area contributed by atoms with Crippen molar-refractivity contribution in [3.63, 3.8) is 0 Å². The van der Waals surface area contributed by atoms with Crippen LogP contribution in [0.15, 0.2) is 0 Å². The minimum atomic E-state index is -4.58. The molecule has 0 aromatic rings. The van der Waals surface area contributed by atoms with Crippen LogP contribution in [0.2, 0.25) is 0 Å². The first-order valence-electron chi connectivity index (χ1n) is 4.02. The number of rotatable bonds is 6. The Morgan fingerprint density at radius 1 is 1.40 bits per heavy atom. The Morgan fingerprint density at radius 2 is 1.87 bits per heavy atom. The van der Waals surface area contributed by atoms with Crippen molar-refractivity contribution in [2.24, 2.45) is 11.5 Å². The minimum absolute atomic E-state index is 0.195. The van der Waals surface area contributed by atoms with Gasteiger partial charge in [0.15, 0.2) is 0 Å². The standard InChI is InChI=1S/C6H13N3O5S/c1-2-9(15(12,13)14)4(6(8)11)3-5(7)10/h4H,2-3H2,1H3,(H2,7,10)(H2,8,11)(H,12,13,14). The molecule has 5 N–H and O–H groups in total. The van der Waals surface area contributed by atoms with Crippen molar-refractivity contribution in [2.75, 3.05) is 6.54 Å². The summed E-state index contributed by atoms with van der Waals surface area (Å²) < 4.78 is 30.8. The first kappa shape index (κ1) is 13.8. The van der Waals surface area contributed by atoms with Crippen molar-refractivity contribution in [2.45, 2.75) is 19.4 Å². The molecule has 9 heteroatoms. The van der Waals surface area contributed by atoms with Gasteiger partial charge in [0, 0.05) is 6.54 Å². The van der Waals surface area contributed by atoms with Crippen LogP contribution < -0.4 is 11.5 Å². The summed E-state index contributed by atoms with van der Waals surface area (Å²) in [4.78, 5) is 21.5. The summed E-state index contributed by atoms with van der Waals surface area (Å²) in [5.41, 5.74) is 9.71. The molecule has 0 aromatic carbocycles. The Bertz CT molecular complexity index is 352. The van der Waals surface area contributed by atoms with Gasteiger partial charge in [-0.05, 0) is 0 Å². The predicted octanol–water partition coefficient (Wildman–Crippen LogP) is -2.16. The Kier molecular flexibility index (Phi) is 4.65. The zero-order chi connectivity index (χ0) is 12.2. The fourth-order valence-corrected chi connectivity index (χ4v) is 1.91. The third-order valence-electron chi connectivity index (χ3n) is 1.68. The van der Waals surface area contributed by atoms with Crippen LogP contribution in [-0.4, -0.2) is 41.7 Å². The van der Waals surface area contributed by atoms with E-state index in [-0.39, 0.29) is 6.54 Å². The summed E-state index contributed by atoms with van der Waals surface area (Å²) in [5.74, 6) is -1.94. The highest BCUT2D eigenvalue weighted by Gasteiger charge is 2.32. The monoisotopic (exact) mass is 239 g/mol. The molecule has 0 rings (SSSR count). The van der Waals surface area contributed by atoms with E-state index < -0.39 is 34.6 Å². The average molecular weight is 239 g/mol. The van der Waals surface area contributed by atoms with E-state index in [1.807, 2.05) is 0 Å². The molecular formula is C6H13N3O5S. The second kappa shape index (κ2) is 5.05. The molecule has 0 bridgehead atoms. The molecule has 2 amide bonds. The lowest BCUT2D eigenvalue weighted by molar-refractivity contribution is -0.126. The lowest BCUT2D eigenvalue weighted by Crippen LogP contribution is -2.49. The van der Waals surface area contributed by atoms with Gasteiger partial charge in [0.25, 0.3) is 0 Å². The van der Waals surface area contributed by atoms with E-state index in [1.165, 1.54) is 6.92 Å². The second-order valence-electron chi connectivity index (χ2n) is 2.77. The van der Waals surface area contributed by atoms with Crippen LogP contribution in [0.1, 0.15) is 13.3 Å². The summed E-state index contributed by atoms with van der Waals surface area (Å²) >= 11 is 0. The van der Waals surface area contributed by atoms with Gasteiger partial charge >= 0.3 is 10.3 Å². The van der Waals surface area contributed by atoms with Crippen molar-refractivity contribution in [3.8, 4) is 0 Å². The second-order valence-corrected chi connectivity index (χ2v) is 4.13. The molecule has 0 radical (unpaired) electrons. The fourth-order valence-electron chi connectivity index (χ4n) is 1.08. The first-order chi connectivity index (χ1) is 6.70. The third-order valence-corrected chi connectivity index (χ3v) is 2.78. The third kappa shape index (κ3) is 4.23. The average Bonchev–Trinajstić information content (AvgIpc) is 2.00. The molecule has 0 aliphatic rings. The fraction of sp³-hybridized carbons (Fsp3) is 0.667. The molecule has 0 fully saturated rings. The van der Waals surface area contributed by atoms with E-state index in [4.69, 9.17) is 16.0 Å². The molecule has 0 saturated carbocycles. The quantitative estimate of drug-likeness (QED) is 0.452. The molecule has 8 nitrogen and oxygen atoms in total. The van der Waals surface area contributed by atoms with E-state index in [0.29, 0.717) is 4.31 Å². The van der Waals surface area contributed by atoms with Crippen LogP contribution in [-0.2, 0) is 19.9 Å². The van der Waals surface area contributed by atoms with Gasteiger partial charge in [0.1, 0.15) is 6.04 Å². The molecule has 88 valence electrons. The predicted molar refractivity (Wildman–Crippen MR) is 50.7 cm³/mol. The molecule has 0 aromatic heterocycles. The lowest BCUT2D eigenvalue weighted by Gasteiger charge is -2.23. The molecule has 0 aliphatic heterocycles. The van der Waals surface area contributed by atoms with Gasteiger partial charge in [-0.15, -0.1) is 0 Å². The van der Waals surface area contributed by atoms with E-state index in [2.05, 4.69) is 0 Å². The Labute approximate surface area is 87.1 Å². The molecular weight excluding hydrogens is 226 g/mol. The van der Waals surface area contributed by atoms with Crippen molar-refractivity contribution in [3.05, 3.63) is 0 Å². The molecule has 0 saturated heterocycles. The van der Waals surface area contributed by atoms with Crippen LogP contribution >= 0.6 is 0 Å². The Hall–Kier alpha value is -1.19. The zero-order valence-electron chi connectivity index (χ0n) is 8.08. The van der Waals surface area contributed by atoms with Crippen LogP contribution in [0.3, 0.4) is 0 Å². The summed E-state index contributed by atoms with van der Waals surface area (Å²) in [5, 5.41) is 0. The van der Waals surface area contributed by atoms with E-state index in [1.54, 1.807) is 0 Å². The molecule has 1 unspecified atom stereocenters. The topological polar surface area (TPSA) is 144 Å². The number of primary amides is 2. The number of nitrogens with two attached hydrogens (primary N) is 2. The van der Waals surface area contributed by atoms with Gasteiger partial charge in [-0.1, -0.05) is 6.92 Å². The van der Waals surface area contributed by atoms with E-state index >= 15 is 0 Å². The SMILES string of the molecule is CCN(C(CC(N)=O)C(N)=O)S(=O)(=O)O. The van der Waals surface area contributed by atoms with Gasteiger partial charge in [-0.2, -0.15) is 12.7 Å². The normalized spacial score (nSPS) is 13.8. The lowest BCUT2D eigenvalue weighted by atomic mass is 10.2. The Morgan fingerprint density at radius 3 is 2.07 bits per heavy atom. The minimum Gasteiger partial charge on any atom is -0.370 e. The molecule has 0 heterocycles. The number of hydrogen-bond acceptors (Lipinski definition) is 4. The van der Waals surface area contributed by atoms with Crippen LogP contribution in [0.4, 0.5) is 0 Å². The van der Waals surface area contributed by atoms with Gasteiger partial charge in [-0.3, -0.25) is 14.1 Å². The number of nitrogens with zero attached hydrogens (tertiary/aromatic N) is 1. The summed E-state index contributed by atoms with van der Waals surface area (Å²) in [6.45, 7) is 1.18. The summed E-state index contributed by atoms with van der Waals surface area (Å²) in [6.07, 6.45) is -0.567. The molecule has 0 spiro atoms. The Balaban J connectivity index is 5.04. The van der Waals surface area contributed by atoms with Gasteiger partial charge in [-0.25, -0.2) is 0 Å². The van der Waals surface area contributed by atoms with Gasteiger partial charge in [0.05, 0.1) is 6.42 Å². The summed E-state index contributed by atoms with van der Waals surface area (Å²) in [6, 6.07) is -1.46. The van der Waals surface area contributed by atoms with Crippen molar-refractivity contribution in [1.82, 2.24) is 4.31 Å². The van der Waals surface area contributed by atoms with Gasteiger partial charge in [0.2, 0.25) is 11.8 Å². The number of carbonyl (C=O) groups is 2.